The van der Waals surface area contributed by atoms with Crippen molar-refractivity contribution in [3.8, 4) is 0 Å². The average Bonchev–Trinajstić information content (AvgIpc) is 3.93. The fourth-order valence-corrected chi connectivity index (χ4v) is 6.33. The van der Waals surface area contributed by atoms with Gasteiger partial charge >= 0.3 is 30.1 Å². The van der Waals surface area contributed by atoms with Crippen LogP contribution in [0.25, 0.3) is 0 Å². The second-order valence-corrected chi connectivity index (χ2v) is 15.1. The number of aryl methyl sites for hydroxylation is 1. The first-order chi connectivity index (χ1) is 23.3. The predicted molar refractivity (Wildman–Crippen MR) is 188 cm³/mol. The number of methoxy groups -OCH3 is 2. The Labute approximate surface area is 302 Å². The van der Waals surface area contributed by atoms with E-state index in [1.807, 2.05) is 48.5 Å². The maximum atomic E-state index is 12.5. The molecule has 274 valence electrons. The SMILES string of the molecule is CCOC(=O)CCc1ccccc1C1CC1(NC(=O)OC(C)(C)C)C(=O)OC.COC(=O)C1(NC(=O)OC(C)(C)C)CC1c1ccccc1Br. The molecule has 2 saturated carbocycles. The number of alkyl carbamates (subject to hydrolysis) is 2. The fraction of sp³-hybridized carbons (Fsp3) is 0.541. The van der Waals surface area contributed by atoms with E-state index in [1.165, 1.54) is 14.2 Å². The third kappa shape index (κ3) is 10.4. The van der Waals surface area contributed by atoms with Crippen molar-refractivity contribution in [2.45, 2.75) is 108 Å². The molecule has 4 atom stereocenters. The maximum absolute atomic E-state index is 12.5. The number of nitrogens with one attached hydrogen (secondary N) is 2. The number of rotatable bonds is 10. The Morgan fingerprint density at radius 1 is 0.740 bits per heavy atom. The molecule has 13 heteroatoms. The molecule has 0 saturated heterocycles. The first-order valence-corrected chi connectivity index (χ1v) is 17.3. The molecule has 4 rings (SSSR count). The molecule has 2 aromatic rings. The summed E-state index contributed by atoms with van der Waals surface area (Å²) >= 11 is 3.48. The second kappa shape index (κ2) is 16.3. The molecule has 0 radical (unpaired) electrons. The van der Waals surface area contributed by atoms with Crippen LogP contribution < -0.4 is 10.6 Å². The minimum absolute atomic E-state index is 0.136. The molecular formula is C37H49BrN2O10. The van der Waals surface area contributed by atoms with Crippen molar-refractivity contribution in [1.82, 2.24) is 10.6 Å². The molecule has 4 unspecified atom stereocenters. The van der Waals surface area contributed by atoms with Crippen LogP contribution >= 0.6 is 15.9 Å². The summed E-state index contributed by atoms with van der Waals surface area (Å²) in [5.41, 5.74) is -0.699. The summed E-state index contributed by atoms with van der Waals surface area (Å²) in [6, 6.07) is 15.2. The van der Waals surface area contributed by atoms with Gasteiger partial charge in [0.15, 0.2) is 0 Å². The molecule has 2 aliphatic rings. The van der Waals surface area contributed by atoms with Crippen LogP contribution in [-0.4, -0.2) is 73.2 Å². The number of benzene rings is 2. The van der Waals surface area contributed by atoms with Gasteiger partial charge in [-0.25, -0.2) is 19.2 Å². The van der Waals surface area contributed by atoms with E-state index < -0.39 is 46.4 Å². The molecule has 12 nitrogen and oxygen atoms in total. The normalized spacial score (nSPS) is 22.0. The van der Waals surface area contributed by atoms with Crippen molar-refractivity contribution >= 4 is 46.0 Å². The smallest absolute Gasteiger partial charge is 0.408 e. The van der Waals surface area contributed by atoms with Crippen LogP contribution in [0.3, 0.4) is 0 Å². The van der Waals surface area contributed by atoms with Gasteiger partial charge in [0.05, 0.1) is 20.8 Å². The maximum Gasteiger partial charge on any atom is 0.408 e. The molecule has 50 heavy (non-hydrogen) atoms. The number of esters is 3. The monoisotopic (exact) mass is 760 g/mol. The first-order valence-electron chi connectivity index (χ1n) is 16.5. The lowest BCUT2D eigenvalue weighted by atomic mass is 9.97. The van der Waals surface area contributed by atoms with Crippen LogP contribution in [0, 0.1) is 0 Å². The molecule has 0 aromatic heterocycles. The van der Waals surface area contributed by atoms with Crippen molar-refractivity contribution in [1.29, 1.82) is 0 Å². The van der Waals surface area contributed by atoms with E-state index >= 15 is 0 Å². The van der Waals surface area contributed by atoms with Gasteiger partial charge in [-0.15, -0.1) is 0 Å². The quantitative estimate of drug-likeness (QED) is 0.203. The number of hydrogen-bond acceptors (Lipinski definition) is 10. The Bertz CT molecular complexity index is 1570. The molecule has 0 heterocycles. The van der Waals surface area contributed by atoms with Crippen molar-refractivity contribution in [3.05, 3.63) is 69.7 Å². The third-order valence-electron chi connectivity index (χ3n) is 8.08. The fourth-order valence-electron chi connectivity index (χ4n) is 5.77. The Morgan fingerprint density at radius 3 is 1.62 bits per heavy atom. The summed E-state index contributed by atoms with van der Waals surface area (Å²) < 4.78 is 26.3. The van der Waals surface area contributed by atoms with Gasteiger partial charge in [0, 0.05) is 22.7 Å². The van der Waals surface area contributed by atoms with E-state index in [-0.39, 0.29) is 24.2 Å². The van der Waals surface area contributed by atoms with Gasteiger partial charge in [-0.2, -0.15) is 0 Å². The summed E-state index contributed by atoms with van der Waals surface area (Å²) in [5.74, 6) is -1.62. The lowest BCUT2D eigenvalue weighted by molar-refractivity contribution is -0.145. The van der Waals surface area contributed by atoms with Gasteiger partial charge in [0.1, 0.15) is 22.3 Å². The van der Waals surface area contributed by atoms with E-state index in [1.54, 1.807) is 48.5 Å². The van der Waals surface area contributed by atoms with Crippen LogP contribution in [0.4, 0.5) is 9.59 Å². The van der Waals surface area contributed by atoms with Crippen LogP contribution in [0.15, 0.2) is 53.0 Å². The van der Waals surface area contributed by atoms with E-state index in [9.17, 15) is 24.0 Å². The number of ether oxygens (including phenoxy) is 5. The third-order valence-corrected chi connectivity index (χ3v) is 8.81. The number of carbonyl (C=O) groups excluding carboxylic acids is 5. The highest BCUT2D eigenvalue weighted by Crippen LogP contribution is 2.54. The topological polar surface area (TPSA) is 156 Å². The van der Waals surface area contributed by atoms with Crippen molar-refractivity contribution in [2.75, 3.05) is 20.8 Å². The van der Waals surface area contributed by atoms with Gasteiger partial charge in [-0.1, -0.05) is 58.4 Å². The summed E-state index contributed by atoms with van der Waals surface area (Å²) in [5, 5.41) is 5.40. The van der Waals surface area contributed by atoms with Crippen molar-refractivity contribution < 1.29 is 47.7 Å². The number of hydrogen-bond donors (Lipinski definition) is 2. The van der Waals surface area contributed by atoms with E-state index in [0.29, 0.717) is 25.9 Å². The van der Waals surface area contributed by atoms with Crippen molar-refractivity contribution in [3.63, 3.8) is 0 Å². The summed E-state index contributed by atoms with van der Waals surface area (Å²) in [6.07, 6.45) is 0.366. The first kappa shape index (κ1) is 40.3. The standard InChI is InChI=1S/C21H29NO6.C16H20BrNO4/c1-6-27-17(23)12-11-14-9-7-8-10-15(14)16-13-21(16,18(24)26-5)22-19(25)28-20(2,3)4;1-15(2,3)22-14(20)18-16(13(19)21-4)9-11(16)10-7-5-6-8-12(10)17/h7-10,16H,6,11-13H2,1-5H3,(H,22,25);5-8,11H,9H2,1-4H3,(H,18,20). The van der Waals surface area contributed by atoms with Crippen LogP contribution in [0.1, 0.15) is 96.3 Å². The Balaban J connectivity index is 0.000000278. The number of amides is 2. The lowest BCUT2D eigenvalue weighted by Gasteiger charge is -2.23. The molecule has 2 N–H and O–H groups in total. The number of carbonyl (C=O) groups is 5. The summed E-state index contributed by atoms with van der Waals surface area (Å²) in [6.45, 7) is 12.7. The van der Waals surface area contributed by atoms with Gasteiger partial charge in [0.25, 0.3) is 0 Å². The minimum Gasteiger partial charge on any atom is -0.467 e. The number of halogens is 1. The zero-order chi connectivity index (χ0) is 37.5. The zero-order valence-electron chi connectivity index (χ0n) is 30.3. The highest BCUT2D eigenvalue weighted by Gasteiger charge is 2.64. The molecule has 0 spiro atoms. The van der Waals surface area contributed by atoms with Crippen LogP contribution in [0.2, 0.25) is 0 Å². The molecule has 2 aliphatic carbocycles. The zero-order valence-corrected chi connectivity index (χ0v) is 31.9. The largest absolute Gasteiger partial charge is 0.467 e. The van der Waals surface area contributed by atoms with Crippen molar-refractivity contribution in [2.24, 2.45) is 0 Å². The molecule has 0 aliphatic heterocycles. The van der Waals surface area contributed by atoms with E-state index in [4.69, 9.17) is 23.7 Å². The highest BCUT2D eigenvalue weighted by molar-refractivity contribution is 9.10. The Kier molecular flexibility index (Phi) is 13.1. The van der Waals surface area contributed by atoms with Crippen LogP contribution in [0.5, 0.6) is 0 Å². The molecule has 2 aromatic carbocycles. The Morgan fingerprint density at radius 2 is 1.18 bits per heavy atom. The molecule has 2 amide bonds. The van der Waals surface area contributed by atoms with E-state index in [2.05, 4.69) is 26.6 Å². The van der Waals surface area contributed by atoms with Gasteiger partial charge in [0.2, 0.25) is 0 Å². The van der Waals surface area contributed by atoms with Gasteiger partial charge in [-0.05, 0) is 90.5 Å². The second-order valence-electron chi connectivity index (χ2n) is 14.2. The minimum atomic E-state index is -1.16. The lowest BCUT2D eigenvalue weighted by Crippen LogP contribution is -2.47. The summed E-state index contributed by atoms with van der Waals surface area (Å²) in [4.78, 5) is 60.7. The molecular weight excluding hydrogens is 712 g/mol. The predicted octanol–water partition coefficient (Wildman–Crippen LogP) is 6.48. The summed E-state index contributed by atoms with van der Waals surface area (Å²) in [7, 11) is 2.61. The van der Waals surface area contributed by atoms with Gasteiger partial charge < -0.3 is 34.3 Å². The van der Waals surface area contributed by atoms with E-state index in [0.717, 1.165) is 21.2 Å². The average molecular weight is 762 g/mol. The van der Waals surface area contributed by atoms with Crippen LogP contribution in [-0.2, 0) is 44.5 Å². The molecule has 2 fully saturated rings. The van der Waals surface area contributed by atoms with Gasteiger partial charge in [-0.3, -0.25) is 4.79 Å². The highest BCUT2D eigenvalue weighted by atomic mass is 79.9. The Hall–Kier alpha value is -4.13. The molecule has 0 bridgehead atoms.